The van der Waals surface area contributed by atoms with Crippen LogP contribution in [0.25, 0.3) is 0 Å². The largest absolute Gasteiger partial charge is 0.310 e. The van der Waals surface area contributed by atoms with Crippen LogP contribution >= 0.6 is 11.6 Å². The Labute approximate surface area is 132 Å². The molecule has 0 spiro atoms. The van der Waals surface area contributed by atoms with Crippen LogP contribution in [0.1, 0.15) is 48.4 Å². The van der Waals surface area contributed by atoms with Crippen LogP contribution in [0.4, 0.5) is 0 Å². The zero-order valence-corrected chi connectivity index (χ0v) is 13.2. The first kappa shape index (κ1) is 14.6. The van der Waals surface area contributed by atoms with Crippen LogP contribution in [0.5, 0.6) is 0 Å². The zero-order chi connectivity index (χ0) is 14.7. The summed E-state index contributed by atoms with van der Waals surface area (Å²) in [5.74, 6) is 0.625. The minimum Gasteiger partial charge on any atom is -0.310 e. The lowest BCUT2D eigenvalue weighted by Gasteiger charge is -2.27. The summed E-state index contributed by atoms with van der Waals surface area (Å²) < 4.78 is 0. The third-order valence-corrected chi connectivity index (χ3v) is 4.88. The first-order valence-electron chi connectivity index (χ1n) is 7.81. The van der Waals surface area contributed by atoms with Gasteiger partial charge in [-0.15, -0.1) is 0 Å². The van der Waals surface area contributed by atoms with E-state index in [-0.39, 0.29) is 6.04 Å². The third kappa shape index (κ3) is 3.30. The highest BCUT2D eigenvalue weighted by Gasteiger charge is 2.20. The van der Waals surface area contributed by atoms with Gasteiger partial charge in [-0.3, -0.25) is 0 Å². The summed E-state index contributed by atoms with van der Waals surface area (Å²) in [7, 11) is 0. The molecule has 2 heteroatoms. The molecule has 3 rings (SSSR count). The van der Waals surface area contributed by atoms with Crippen LogP contribution in [0.15, 0.2) is 48.5 Å². The van der Waals surface area contributed by atoms with Gasteiger partial charge in [0.15, 0.2) is 0 Å². The fourth-order valence-corrected chi connectivity index (χ4v) is 3.62. The molecular weight excluding hydrogens is 278 g/mol. The highest BCUT2D eigenvalue weighted by Crippen LogP contribution is 2.31. The topological polar surface area (TPSA) is 12.0 Å². The van der Waals surface area contributed by atoms with Crippen molar-refractivity contribution in [1.29, 1.82) is 0 Å². The van der Waals surface area contributed by atoms with Gasteiger partial charge < -0.3 is 5.32 Å². The molecule has 2 aromatic carbocycles. The Bertz CT molecular complexity index is 608. The van der Waals surface area contributed by atoms with Crippen molar-refractivity contribution in [3.05, 3.63) is 70.2 Å². The summed E-state index contributed by atoms with van der Waals surface area (Å²) >= 11 is 6.28. The van der Waals surface area contributed by atoms with Crippen LogP contribution in [0.2, 0.25) is 5.02 Å². The number of nitrogens with one attached hydrogen (secondary N) is 1. The second kappa shape index (κ2) is 6.64. The Kier molecular flexibility index (Phi) is 4.62. The van der Waals surface area contributed by atoms with E-state index in [4.69, 9.17) is 11.6 Å². The fourth-order valence-electron chi connectivity index (χ4n) is 3.32. The highest BCUT2D eigenvalue weighted by atomic mass is 35.5. The maximum absolute atomic E-state index is 6.28. The minimum absolute atomic E-state index is 0.285. The molecule has 21 heavy (non-hydrogen) atoms. The monoisotopic (exact) mass is 299 g/mol. The van der Waals surface area contributed by atoms with Gasteiger partial charge in [0.2, 0.25) is 0 Å². The van der Waals surface area contributed by atoms with Gasteiger partial charge in [-0.2, -0.15) is 0 Å². The van der Waals surface area contributed by atoms with Crippen molar-refractivity contribution in [3.8, 4) is 0 Å². The van der Waals surface area contributed by atoms with Gasteiger partial charge in [-0.1, -0.05) is 54.1 Å². The molecule has 2 atom stereocenters. The molecule has 1 aliphatic rings. The van der Waals surface area contributed by atoms with Crippen LogP contribution in [-0.4, -0.2) is 6.54 Å². The van der Waals surface area contributed by atoms with Gasteiger partial charge >= 0.3 is 0 Å². The molecule has 0 aromatic heterocycles. The van der Waals surface area contributed by atoms with Crippen molar-refractivity contribution in [2.45, 2.75) is 38.1 Å². The predicted octanol–water partition coefficient (Wildman–Crippen LogP) is 5.11. The number of rotatable bonds is 4. The molecule has 0 radical (unpaired) electrons. The molecule has 1 aliphatic carbocycles. The second-order valence-electron chi connectivity index (χ2n) is 5.94. The van der Waals surface area contributed by atoms with Crippen molar-refractivity contribution < 1.29 is 0 Å². The first-order valence-corrected chi connectivity index (χ1v) is 8.19. The van der Waals surface area contributed by atoms with Crippen LogP contribution in [0.3, 0.4) is 0 Å². The molecule has 1 unspecified atom stereocenters. The summed E-state index contributed by atoms with van der Waals surface area (Å²) in [5.41, 5.74) is 4.24. The number of halogens is 1. The summed E-state index contributed by atoms with van der Waals surface area (Å²) in [6, 6.07) is 17.3. The summed E-state index contributed by atoms with van der Waals surface area (Å²) in [4.78, 5) is 0. The molecule has 110 valence electrons. The lowest BCUT2D eigenvalue weighted by molar-refractivity contribution is 0.473. The quantitative estimate of drug-likeness (QED) is 0.827. The van der Waals surface area contributed by atoms with E-state index in [0.717, 1.165) is 11.6 Å². The van der Waals surface area contributed by atoms with E-state index in [2.05, 4.69) is 48.6 Å². The van der Waals surface area contributed by atoms with E-state index in [0.29, 0.717) is 5.92 Å². The maximum Gasteiger partial charge on any atom is 0.0453 e. The highest BCUT2D eigenvalue weighted by molar-refractivity contribution is 6.31. The van der Waals surface area contributed by atoms with Gasteiger partial charge in [-0.25, -0.2) is 0 Å². The molecule has 0 fully saturated rings. The Morgan fingerprint density at radius 1 is 1.14 bits per heavy atom. The Morgan fingerprint density at radius 3 is 2.76 bits per heavy atom. The van der Waals surface area contributed by atoms with Gasteiger partial charge in [0.1, 0.15) is 0 Å². The average molecular weight is 300 g/mol. The summed E-state index contributed by atoms with van der Waals surface area (Å²) in [6.07, 6.45) is 3.80. The Morgan fingerprint density at radius 2 is 1.90 bits per heavy atom. The SMILES string of the molecule is C[C@@H](NCC1CCCc2ccccc21)c1ccccc1Cl. The van der Waals surface area contributed by atoms with Crippen LogP contribution in [0, 0.1) is 0 Å². The maximum atomic E-state index is 6.28. The second-order valence-corrected chi connectivity index (χ2v) is 6.35. The normalized spacial score (nSPS) is 19.0. The van der Waals surface area contributed by atoms with E-state index in [1.807, 2.05) is 12.1 Å². The smallest absolute Gasteiger partial charge is 0.0453 e. The Balaban J connectivity index is 1.67. The molecular formula is C19H22ClN. The van der Waals surface area contributed by atoms with Gasteiger partial charge in [-0.05, 0) is 54.9 Å². The van der Waals surface area contributed by atoms with Crippen LogP contribution in [-0.2, 0) is 6.42 Å². The molecule has 1 nitrogen and oxygen atoms in total. The molecule has 0 bridgehead atoms. The lowest BCUT2D eigenvalue weighted by atomic mass is 9.82. The number of benzene rings is 2. The van der Waals surface area contributed by atoms with E-state index in [1.54, 1.807) is 0 Å². The third-order valence-electron chi connectivity index (χ3n) is 4.54. The van der Waals surface area contributed by atoms with Crippen molar-refractivity contribution in [3.63, 3.8) is 0 Å². The average Bonchev–Trinajstić information content (AvgIpc) is 2.53. The number of hydrogen-bond donors (Lipinski definition) is 1. The summed E-state index contributed by atoms with van der Waals surface area (Å²) in [6.45, 7) is 3.21. The molecule has 0 saturated heterocycles. The van der Waals surface area contributed by atoms with Gasteiger partial charge in [0, 0.05) is 17.6 Å². The fraction of sp³-hybridized carbons (Fsp3) is 0.368. The molecule has 0 heterocycles. The lowest BCUT2D eigenvalue weighted by Crippen LogP contribution is -2.27. The van der Waals surface area contributed by atoms with Crippen molar-refractivity contribution in [2.24, 2.45) is 0 Å². The van der Waals surface area contributed by atoms with Crippen LogP contribution < -0.4 is 5.32 Å². The molecule has 0 aliphatic heterocycles. The van der Waals surface area contributed by atoms with Crippen molar-refractivity contribution >= 4 is 11.6 Å². The number of hydrogen-bond acceptors (Lipinski definition) is 1. The van der Waals surface area contributed by atoms with Gasteiger partial charge in [0.25, 0.3) is 0 Å². The van der Waals surface area contributed by atoms with Crippen molar-refractivity contribution in [2.75, 3.05) is 6.54 Å². The molecule has 0 saturated carbocycles. The minimum atomic E-state index is 0.285. The predicted molar refractivity (Wildman–Crippen MR) is 90.0 cm³/mol. The summed E-state index contributed by atoms with van der Waals surface area (Å²) in [5, 5.41) is 4.51. The molecule has 1 N–H and O–H groups in total. The number of fused-ring (bicyclic) bond motifs is 1. The standard InChI is InChI=1S/C19H22ClN/c1-14(17-10-4-5-12-19(17)20)21-13-16-9-6-8-15-7-2-3-11-18(15)16/h2-5,7,10-12,14,16,21H,6,8-9,13H2,1H3/t14-,16?/m1/s1. The first-order chi connectivity index (χ1) is 10.3. The zero-order valence-electron chi connectivity index (χ0n) is 12.5. The van der Waals surface area contributed by atoms with Crippen molar-refractivity contribution in [1.82, 2.24) is 5.32 Å². The van der Waals surface area contributed by atoms with E-state index in [1.165, 1.54) is 36.0 Å². The molecule has 0 amide bonds. The van der Waals surface area contributed by atoms with Gasteiger partial charge in [0.05, 0.1) is 0 Å². The van der Waals surface area contributed by atoms with E-state index >= 15 is 0 Å². The van der Waals surface area contributed by atoms with E-state index in [9.17, 15) is 0 Å². The Hall–Kier alpha value is -1.31. The number of aryl methyl sites for hydroxylation is 1. The van der Waals surface area contributed by atoms with E-state index < -0.39 is 0 Å². The molecule has 2 aromatic rings.